The lowest BCUT2D eigenvalue weighted by molar-refractivity contribution is -0.290. The minimum absolute atomic E-state index is 0.00576. The molecule has 3 nitrogen and oxygen atoms in total. The minimum Gasteiger partial charge on any atom is -0.393 e. The molecule has 2 rings (SSSR count). The van der Waals surface area contributed by atoms with Gasteiger partial charge < -0.3 is 14.6 Å². The van der Waals surface area contributed by atoms with Crippen LogP contribution in [0.2, 0.25) is 0 Å². The van der Waals surface area contributed by atoms with Crippen molar-refractivity contribution in [2.45, 2.75) is 58.3 Å². The number of allylic oxidation sites excluding steroid dienone is 1. The molecule has 1 atom stereocenters. The second kappa shape index (κ2) is 4.71. The van der Waals surface area contributed by atoms with Crippen LogP contribution < -0.4 is 0 Å². The van der Waals surface area contributed by atoms with Crippen LogP contribution in [0.1, 0.15) is 46.5 Å². The van der Waals surface area contributed by atoms with Crippen molar-refractivity contribution in [2.24, 2.45) is 5.41 Å². The first-order chi connectivity index (χ1) is 7.95. The SMILES string of the molecule is CC/C=C1\CC(O)CC2(COC(C)(C)OC2)C1. The Balaban J connectivity index is 2.07. The van der Waals surface area contributed by atoms with Crippen molar-refractivity contribution in [3.63, 3.8) is 0 Å². The molecule has 0 aromatic heterocycles. The Kier molecular flexibility index (Phi) is 3.62. The van der Waals surface area contributed by atoms with Crippen molar-refractivity contribution in [1.82, 2.24) is 0 Å². The largest absolute Gasteiger partial charge is 0.393 e. The highest BCUT2D eigenvalue weighted by Crippen LogP contribution is 2.43. The maximum Gasteiger partial charge on any atom is 0.162 e. The molecule has 1 spiro atoms. The molecule has 3 heteroatoms. The van der Waals surface area contributed by atoms with E-state index in [1.165, 1.54) is 5.57 Å². The Morgan fingerprint density at radius 3 is 2.59 bits per heavy atom. The predicted octanol–water partition coefficient (Wildman–Crippen LogP) is 2.64. The summed E-state index contributed by atoms with van der Waals surface area (Å²) in [5, 5.41) is 10.0. The molecule has 2 fully saturated rings. The molecule has 17 heavy (non-hydrogen) atoms. The average Bonchev–Trinajstić information content (AvgIpc) is 2.23. The van der Waals surface area contributed by atoms with Crippen molar-refractivity contribution >= 4 is 0 Å². The first-order valence-corrected chi connectivity index (χ1v) is 6.59. The number of aliphatic hydroxyl groups is 1. The van der Waals surface area contributed by atoms with E-state index >= 15 is 0 Å². The van der Waals surface area contributed by atoms with Crippen LogP contribution >= 0.6 is 0 Å². The molecule has 1 aliphatic carbocycles. The van der Waals surface area contributed by atoms with Gasteiger partial charge in [-0.1, -0.05) is 18.6 Å². The number of hydrogen-bond acceptors (Lipinski definition) is 3. The Bertz CT molecular complexity index is 297. The molecule has 0 aromatic carbocycles. The van der Waals surface area contributed by atoms with Crippen LogP contribution in [-0.4, -0.2) is 30.2 Å². The van der Waals surface area contributed by atoms with Crippen LogP contribution in [0.3, 0.4) is 0 Å². The van der Waals surface area contributed by atoms with Gasteiger partial charge >= 0.3 is 0 Å². The number of ether oxygens (including phenoxy) is 2. The highest BCUT2D eigenvalue weighted by molar-refractivity contribution is 5.12. The van der Waals surface area contributed by atoms with Crippen LogP contribution in [0, 0.1) is 5.41 Å². The van der Waals surface area contributed by atoms with E-state index in [-0.39, 0.29) is 11.5 Å². The van der Waals surface area contributed by atoms with Gasteiger partial charge in [0, 0.05) is 5.41 Å². The van der Waals surface area contributed by atoms with Crippen molar-refractivity contribution in [2.75, 3.05) is 13.2 Å². The van der Waals surface area contributed by atoms with E-state index in [1.54, 1.807) is 0 Å². The number of rotatable bonds is 1. The quantitative estimate of drug-likeness (QED) is 0.716. The summed E-state index contributed by atoms with van der Waals surface area (Å²) < 4.78 is 11.5. The molecule has 0 bridgehead atoms. The van der Waals surface area contributed by atoms with Crippen molar-refractivity contribution in [3.05, 3.63) is 11.6 Å². The fourth-order valence-corrected chi connectivity index (χ4v) is 2.90. The number of aliphatic hydroxyl groups excluding tert-OH is 1. The van der Waals surface area contributed by atoms with Gasteiger partial charge in [0.1, 0.15) is 0 Å². The lowest BCUT2D eigenvalue weighted by Gasteiger charge is -2.47. The van der Waals surface area contributed by atoms with E-state index in [2.05, 4.69) is 13.0 Å². The fraction of sp³-hybridized carbons (Fsp3) is 0.857. The van der Waals surface area contributed by atoms with Crippen molar-refractivity contribution in [1.29, 1.82) is 0 Å². The van der Waals surface area contributed by atoms with Gasteiger partial charge in [0.25, 0.3) is 0 Å². The smallest absolute Gasteiger partial charge is 0.162 e. The monoisotopic (exact) mass is 240 g/mol. The summed E-state index contributed by atoms with van der Waals surface area (Å²) >= 11 is 0. The third kappa shape index (κ3) is 3.09. The van der Waals surface area contributed by atoms with Gasteiger partial charge in [-0.25, -0.2) is 0 Å². The van der Waals surface area contributed by atoms with Crippen LogP contribution in [0.4, 0.5) is 0 Å². The lowest BCUT2D eigenvalue weighted by Crippen LogP contribution is -2.49. The summed E-state index contributed by atoms with van der Waals surface area (Å²) in [6.07, 6.45) is 5.65. The molecule has 98 valence electrons. The Morgan fingerprint density at radius 1 is 1.35 bits per heavy atom. The zero-order valence-corrected chi connectivity index (χ0v) is 11.2. The minimum atomic E-state index is -0.470. The molecular formula is C14H24O3. The first-order valence-electron chi connectivity index (χ1n) is 6.59. The van der Waals surface area contributed by atoms with Crippen LogP contribution in [0.5, 0.6) is 0 Å². The zero-order valence-electron chi connectivity index (χ0n) is 11.2. The second-order valence-corrected chi connectivity index (χ2v) is 5.99. The molecular weight excluding hydrogens is 216 g/mol. The van der Waals surface area contributed by atoms with Crippen molar-refractivity contribution < 1.29 is 14.6 Å². The highest BCUT2D eigenvalue weighted by Gasteiger charge is 2.44. The third-order valence-corrected chi connectivity index (χ3v) is 3.71. The van der Waals surface area contributed by atoms with E-state index < -0.39 is 5.79 Å². The molecule has 1 saturated heterocycles. The number of hydrogen-bond donors (Lipinski definition) is 1. The summed E-state index contributed by atoms with van der Waals surface area (Å²) in [7, 11) is 0. The maximum absolute atomic E-state index is 10.0. The van der Waals surface area contributed by atoms with E-state index in [0.29, 0.717) is 13.2 Å². The lowest BCUT2D eigenvalue weighted by atomic mass is 9.71. The van der Waals surface area contributed by atoms with Gasteiger partial charge in [-0.05, 0) is 39.5 Å². The van der Waals surface area contributed by atoms with E-state index in [4.69, 9.17) is 9.47 Å². The summed E-state index contributed by atoms with van der Waals surface area (Å²) in [4.78, 5) is 0. The van der Waals surface area contributed by atoms with Crippen molar-refractivity contribution in [3.8, 4) is 0 Å². The summed E-state index contributed by atoms with van der Waals surface area (Å²) in [6.45, 7) is 7.41. The van der Waals surface area contributed by atoms with Gasteiger partial charge in [0.2, 0.25) is 0 Å². The molecule has 1 unspecified atom stereocenters. The van der Waals surface area contributed by atoms with E-state index in [0.717, 1.165) is 25.7 Å². The third-order valence-electron chi connectivity index (χ3n) is 3.71. The Labute approximate surface area is 104 Å². The fourth-order valence-electron chi connectivity index (χ4n) is 2.90. The second-order valence-electron chi connectivity index (χ2n) is 5.99. The van der Waals surface area contributed by atoms with Crippen LogP contribution in [-0.2, 0) is 9.47 Å². The molecule has 1 N–H and O–H groups in total. The summed E-state index contributed by atoms with van der Waals surface area (Å²) in [5.74, 6) is -0.470. The molecule has 1 heterocycles. The summed E-state index contributed by atoms with van der Waals surface area (Å²) in [6, 6.07) is 0. The molecule has 0 amide bonds. The van der Waals surface area contributed by atoms with E-state index in [9.17, 15) is 5.11 Å². The zero-order chi connectivity index (χ0) is 12.5. The highest BCUT2D eigenvalue weighted by atomic mass is 16.7. The first kappa shape index (κ1) is 13.1. The normalized spacial score (nSPS) is 34.1. The van der Waals surface area contributed by atoms with Gasteiger partial charge in [0.15, 0.2) is 5.79 Å². The molecule has 1 saturated carbocycles. The predicted molar refractivity (Wildman–Crippen MR) is 66.6 cm³/mol. The molecule has 0 aromatic rings. The van der Waals surface area contributed by atoms with Gasteiger partial charge in [-0.15, -0.1) is 0 Å². The molecule has 2 aliphatic rings. The average molecular weight is 240 g/mol. The Hall–Kier alpha value is -0.380. The standard InChI is InChI=1S/C14H24O3/c1-4-5-11-6-12(15)8-14(7-11)9-16-13(2,3)17-10-14/h5,12,15H,4,6-10H2,1-3H3/b11-5+. The van der Waals surface area contributed by atoms with Crippen LogP contribution in [0.15, 0.2) is 11.6 Å². The maximum atomic E-state index is 10.0. The topological polar surface area (TPSA) is 38.7 Å². The van der Waals surface area contributed by atoms with Crippen LogP contribution in [0.25, 0.3) is 0 Å². The van der Waals surface area contributed by atoms with E-state index in [1.807, 2.05) is 13.8 Å². The summed E-state index contributed by atoms with van der Waals surface area (Å²) in [5.41, 5.74) is 1.35. The van der Waals surface area contributed by atoms with Gasteiger partial charge in [-0.2, -0.15) is 0 Å². The molecule has 1 aliphatic heterocycles. The van der Waals surface area contributed by atoms with Gasteiger partial charge in [0.05, 0.1) is 19.3 Å². The Morgan fingerprint density at radius 2 is 2.00 bits per heavy atom. The molecule has 0 radical (unpaired) electrons. The van der Waals surface area contributed by atoms with Gasteiger partial charge in [-0.3, -0.25) is 0 Å².